The summed E-state index contributed by atoms with van der Waals surface area (Å²) in [6.45, 7) is 9.60. The summed E-state index contributed by atoms with van der Waals surface area (Å²) < 4.78 is 36.2. The van der Waals surface area contributed by atoms with Gasteiger partial charge in [-0.1, -0.05) is 69.1 Å². The van der Waals surface area contributed by atoms with Gasteiger partial charge in [-0.05, 0) is 214 Å². The quantitative estimate of drug-likeness (QED) is 0.0175. The van der Waals surface area contributed by atoms with Gasteiger partial charge in [-0.3, -0.25) is 33.6 Å². The molecule has 4 saturated carbocycles. The van der Waals surface area contributed by atoms with Gasteiger partial charge in [-0.15, -0.1) is 34.0 Å². The van der Waals surface area contributed by atoms with Crippen LogP contribution in [0.1, 0.15) is 154 Å². The SMILES string of the molecule is CCOC(=O)C1Cc2nc(-c3ccc(O)cc3)sc2C1.CCOC(=O)C1Cc2nc(-c3ccc(OC4CC(N5CCCCC5)C4)cc3)sc2C1.COC(=O)C1CC(=O)C(Br)C1.COC(=O)C1CC(O)C(Br)C1.COC(=O)C1CC=CC1.NC(=S)c1ccc(O)cc1.O=C(O)C1Cc2nc(-c3ccc(OC4CC(N5CCCCC5)C4)cc3)sc2C1. The van der Waals surface area contributed by atoms with Gasteiger partial charge >= 0.3 is 35.8 Å². The number of piperidine rings is 2. The second-order valence-electron chi connectivity index (χ2n) is 31.3. The van der Waals surface area contributed by atoms with Crippen molar-refractivity contribution in [3.8, 4) is 54.7 Å². The normalized spacial score (nSPS) is 24.3. The number of ketones is 1. The van der Waals surface area contributed by atoms with E-state index in [4.69, 9.17) is 52.1 Å². The first-order valence-corrected chi connectivity index (χ1v) is 45.8. The molecule has 24 nitrogen and oxygen atoms in total. The summed E-state index contributed by atoms with van der Waals surface area (Å²) in [4.78, 5) is 102. The number of Topliss-reactive ketones (excluding diaryl/α,β-unsaturated/α-hetero) is 1. The van der Waals surface area contributed by atoms with Crippen molar-refractivity contribution in [1.82, 2.24) is 24.8 Å². The van der Waals surface area contributed by atoms with Crippen LogP contribution in [-0.4, -0.2) is 193 Å². The van der Waals surface area contributed by atoms with E-state index in [9.17, 15) is 43.8 Å². The van der Waals surface area contributed by atoms with Crippen LogP contribution in [0.15, 0.2) is 109 Å². The molecule has 7 aromatic rings. The van der Waals surface area contributed by atoms with E-state index in [2.05, 4.69) is 102 Å². The van der Waals surface area contributed by atoms with Crippen molar-refractivity contribution in [1.29, 1.82) is 0 Å². The number of carbonyl (C=O) groups is 7. The van der Waals surface area contributed by atoms with Crippen LogP contribution in [-0.2, 0) is 95.8 Å². The molecule has 5 heterocycles. The zero-order valence-corrected chi connectivity index (χ0v) is 74.3. The van der Waals surface area contributed by atoms with Crippen LogP contribution in [0.3, 0.4) is 0 Å². The number of phenolic OH excluding ortho intramolecular Hbond substituents is 2. The molecule has 2 aliphatic heterocycles. The first-order valence-electron chi connectivity index (χ1n) is 41.2. The number of rotatable bonds is 18. The molecule has 6 N–H and O–H groups in total. The highest BCUT2D eigenvalue weighted by Gasteiger charge is 2.41. The summed E-state index contributed by atoms with van der Waals surface area (Å²) in [6, 6.07) is 31.5. The maximum Gasteiger partial charge on any atom is 0.309 e. The number of aromatic nitrogens is 3. The largest absolute Gasteiger partial charge is 0.508 e. The number of likely N-dealkylation sites (tertiary alicyclic amines) is 2. The standard InChI is InChI=1S/C24H30N2O3S.C22H26N2O3S.C15H15NO3S.C7H11BrO3.C7H9BrO3.C7H7NOS.C7H10O2/c1-2-28-24(27)17-12-21-22(13-17)30-23(25-21)16-6-8-19(9-7-16)29-20-14-18(15-20)26-10-4-3-5-11-26;25-22(26)15-10-19-20(11-15)28-21(23-19)14-4-6-17(7-5-14)27-18-12-16(13-18)24-8-2-1-3-9-24;1-2-19-15(18)10-7-12-13(8-10)20-14(16-12)9-3-5-11(17)6-4-9;2*1-11-7(10)4-2-5(8)6(9)3-4;8-7(10)5-1-3-6(9)4-2-5;1-9-7(8)6-4-2-3-5-6/h6-9,17-18,20H,2-5,10-15H2,1H3;4-7,15-16,18H,1-3,8-13H2,(H,25,26);3-6,10,17H,2,7-8H2,1H3;4-6,9H,2-3H2,1H3;4-5H,2-3H2,1H3;1-4,9H,(H2,8,10);2-3,6H,4-5H2,1H3. The smallest absolute Gasteiger partial charge is 0.309 e. The number of aromatic hydroxyl groups is 2. The van der Waals surface area contributed by atoms with Crippen molar-refractivity contribution in [3.63, 3.8) is 0 Å². The van der Waals surface area contributed by atoms with Gasteiger partial charge in [-0.2, -0.15) is 0 Å². The molecule has 17 rings (SSSR count). The molecular weight excluding hydrogens is 1730 g/mol. The zero-order valence-electron chi connectivity index (χ0n) is 67.9. The molecule has 8 aliphatic carbocycles. The first kappa shape index (κ1) is 91.7. The van der Waals surface area contributed by atoms with Crippen LogP contribution in [0.2, 0.25) is 0 Å². The second kappa shape index (κ2) is 44.6. The number of fused-ring (bicyclic) bond motifs is 3. The topological polar surface area (TPSA) is 336 Å². The number of aliphatic carboxylic acids is 1. The van der Waals surface area contributed by atoms with Gasteiger partial charge in [0, 0.05) is 105 Å². The van der Waals surface area contributed by atoms with E-state index < -0.39 is 12.1 Å². The molecule has 4 aromatic carbocycles. The minimum Gasteiger partial charge on any atom is -0.508 e. The molecule has 0 bridgehead atoms. The number of carboxylic acid groups (broad SMARTS) is 1. The lowest BCUT2D eigenvalue weighted by atomic mass is 9.86. The van der Waals surface area contributed by atoms with Crippen molar-refractivity contribution in [2.45, 2.75) is 195 Å². The van der Waals surface area contributed by atoms with E-state index in [0.717, 1.165) is 134 Å². The Bertz CT molecular complexity index is 4490. The highest BCUT2D eigenvalue weighted by molar-refractivity contribution is 9.10. The van der Waals surface area contributed by atoms with E-state index in [-0.39, 0.29) is 92.3 Å². The Morgan fingerprint density at radius 1 is 0.479 bits per heavy atom. The molecule has 119 heavy (non-hydrogen) atoms. The van der Waals surface area contributed by atoms with Gasteiger partial charge < -0.3 is 69.1 Å². The maximum atomic E-state index is 12.0. The number of hydrogen-bond acceptors (Lipinski definition) is 26. The lowest BCUT2D eigenvalue weighted by molar-refractivity contribution is -0.148. The van der Waals surface area contributed by atoms with Crippen molar-refractivity contribution in [3.05, 3.63) is 146 Å². The average Bonchev–Trinajstić information content (AvgIpc) is 1.66. The molecule has 0 amide bonds. The van der Waals surface area contributed by atoms with Crippen molar-refractivity contribution < 1.29 is 87.1 Å². The molecule has 640 valence electrons. The number of methoxy groups -OCH3 is 3. The fraction of sp³-hybridized carbons (Fsp3) is 0.517. The number of phenols is 2. The molecule has 30 heteroatoms. The first-order chi connectivity index (χ1) is 57.3. The second-order valence-corrected chi connectivity index (χ2v) is 37.3. The van der Waals surface area contributed by atoms with Crippen LogP contribution < -0.4 is 15.2 Å². The number of hydrogen-bond donors (Lipinski definition) is 5. The Morgan fingerprint density at radius 3 is 1.21 bits per heavy atom. The van der Waals surface area contributed by atoms with Crippen LogP contribution in [0.5, 0.6) is 23.0 Å². The third kappa shape index (κ3) is 25.8. The van der Waals surface area contributed by atoms with Gasteiger partial charge in [0.25, 0.3) is 0 Å². The molecule has 8 atom stereocenters. The van der Waals surface area contributed by atoms with Crippen molar-refractivity contribution in [2.75, 3.05) is 60.7 Å². The number of allylic oxidation sites excluding steroid dienone is 2. The van der Waals surface area contributed by atoms with E-state index in [1.54, 1.807) is 70.4 Å². The highest BCUT2D eigenvalue weighted by Crippen LogP contribution is 2.42. The van der Waals surface area contributed by atoms with E-state index in [1.165, 1.54) is 95.8 Å². The van der Waals surface area contributed by atoms with E-state index in [0.29, 0.717) is 81.8 Å². The van der Waals surface area contributed by atoms with Crippen LogP contribution in [0, 0.1) is 35.5 Å². The van der Waals surface area contributed by atoms with Crippen LogP contribution in [0.4, 0.5) is 0 Å². The number of benzene rings is 4. The number of thiazole rings is 3. The van der Waals surface area contributed by atoms with E-state index in [1.807, 2.05) is 50.3 Å². The van der Waals surface area contributed by atoms with Crippen LogP contribution in [0.25, 0.3) is 31.7 Å². The minimum absolute atomic E-state index is 0.0478. The number of nitrogens with zero attached hydrogens (tertiary/aromatic N) is 5. The minimum atomic E-state index is -0.716. The Balaban J connectivity index is 0.000000143. The predicted octanol–water partition coefficient (Wildman–Crippen LogP) is 15.0. The lowest BCUT2D eigenvalue weighted by Gasteiger charge is -2.44. The summed E-state index contributed by atoms with van der Waals surface area (Å²) in [6.07, 6.45) is 24.9. The molecule has 6 fully saturated rings. The maximum absolute atomic E-state index is 12.0. The number of carboxylic acids is 1. The zero-order chi connectivity index (χ0) is 84.8. The number of thiocarbonyl (C=S) groups is 1. The molecule has 0 spiro atoms. The summed E-state index contributed by atoms with van der Waals surface area (Å²) in [5.41, 5.74) is 12.3. The van der Waals surface area contributed by atoms with Crippen molar-refractivity contribution in [2.24, 2.45) is 41.2 Å². The van der Waals surface area contributed by atoms with Gasteiger partial charge in [0.1, 0.15) is 61.0 Å². The molecule has 0 radical (unpaired) electrons. The Kier molecular flexibility index (Phi) is 34.4. The molecule has 8 unspecified atom stereocenters. The summed E-state index contributed by atoms with van der Waals surface area (Å²) >= 11 is 16.1. The predicted molar refractivity (Wildman–Crippen MR) is 467 cm³/mol. The van der Waals surface area contributed by atoms with Crippen molar-refractivity contribution >= 4 is 125 Å². The monoisotopic (exact) mass is 1830 g/mol. The lowest BCUT2D eigenvalue weighted by Crippen LogP contribution is -2.50. The number of aliphatic hydroxyl groups excluding tert-OH is 1. The van der Waals surface area contributed by atoms with Gasteiger partial charge in [0.05, 0.1) is 98.1 Å². The third-order valence-electron chi connectivity index (χ3n) is 22.9. The van der Waals surface area contributed by atoms with Crippen LogP contribution >= 0.6 is 78.1 Å². The number of esters is 5. The number of alkyl halides is 2. The molecule has 2 saturated heterocycles. The number of nitrogens with two attached hydrogens (primary N) is 1. The van der Waals surface area contributed by atoms with E-state index >= 15 is 0 Å². The number of carbonyl (C=O) groups excluding carboxylic acids is 6. The van der Waals surface area contributed by atoms with Gasteiger partial charge in [-0.25, -0.2) is 15.0 Å². The summed E-state index contributed by atoms with van der Waals surface area (Å²) in [5.74, 6) is 0.276. The fourth-order valence-electron chi connectivity index (χ4n) is 16.0. The Labute approximate surface area is 729 Å². The number of halogens is 2. The number of ether oxygens (including phenoxy) is 7. The third-order valence-corrected chi connectivity index (χ3v) is 28.5. The molecule has 10 aliphatic rings. The summed E-state index contributed by atoms with van der Waals surface area (Å²) in [7, 11) is 4.14. The average molecular weight is 1840 g/mol. The Morgan fingerprint density at radius 2 is 0.857 bits per heavy atom. The van der Waals surface area contributed by atoms with Gasteiger partial charge in [0.2, 0.25) is 0 Å². The summed E-state index contributed by atoms with van der Waals surface area (Å²) in [5, 5.41) is 39.5. The fourth-order valence-corrected chi connectivity index (χ4v) is 20.9. The molecular formula is C89H108Br2N6O18S4. The molecule has 3 aromatic heterocycles. The Hall–Kier alpha value is -8.07. The van der Waals surface area contributed by atoms with Gasteiger partial charge in [0.15, 0.2) is 0 Å². The number of aliphatic hydroxyl groups is 1. The highest BCUT2D eigenvalue weighted by atomic mass is 79.9.